The Hall–Kier alpha value is -0.980. The van der Waals surface area contributed by atoms with E-state index in [9.17, 15) is 0 Å². The molecule has 2 rings (SSSR count). The molecule has 0 bridgehead atoms. The lowest BCUT2D eigenvalue weighted by molar-refractivity contribution is 0.150. The Labute approximate surface area is 116 Å². The zero-order valence-electron chi connectivity index (χ0n) is 10.5. The predicted molar refractivity (Wildman–Crippen MR) is 76.5 cm³/mol. The lowest BCUT2D eigenvalue weighted by Gasteiger charge is -2.18. The number of hydrogen-bond acceptors (Lipinski definition) is 4. The van der Waals surface area contributed by atoms with Gasteiger partial charge in [-0.3, -0.25) is 9.67 Å². The molecule has 0 fully saturated rings. The summed E-state index contributed by atoms with van der Waals surface area (Å²) in [5.41, 5.74) is 0. The molecule has 0 aliphatic heterocycles. The maximum Gasteiger partial charge on any atom is 0.195 e. The van der Waals surface area contributed by atoms with Crippen LogP contribution in [0.15, 0.2) is 17.5 Å². The molecule has 4 nitrogen and oxygen atoms in total. The van der Waals surface area contributed by atoms with Crippen LogP contribution in [0.1, 0.15) is 25.8 Å². The van der Waals surface area contributed by atoms with Gasteiger partial charge in [-0.05, 0) is 30.1 Å². The fraction of sp³-hybridized carbons (Fsp3) is 0.500. The normalized spacial score (nSPS) is 12.8. The van der Waals surface area contributed by atoms with Crippen LogP contribution in [0.3, 0.4) is 0 Å². The molecule has 1 unspecified atom stereocenters. The van der Waals surface area contributed by atoms with E-state index < -0.39 is 0 Å². The van der Waals surface area contributed by atoms with Crippen LogP contribution in [-0.2, 0) is 4.74 Å². The van der Waals surface area contributed by atoms with Crippen LogP contribution in [0, 0.1) is 4.77 Å². The molecule has 18 heavy (non-hydrogen) atoms. The largest absolute Gasteiger partial charge is 0.383 e. The first-order valence-electron chi connectivity index (χ1n) is 5.97. The van der Waals surface area contributed by atoms with E-state index >= 15 is 0 Å². The van der Waals surface area contributed by atoms with Gasteiger partial charge in [-0.25, -0.2) is 0 Å². The number of methoxy groups -OCH3 is 1. The molecule has 2 heterocycles. The third-order valence-electron chi connectivity index (χ3n) is 2.79. The summed E-state index contributed by atoms with van der Waals surface area (Å²) < 4.78 is 8.04. The molecule has 6 heteroatoms. The first kappa shape index (κ1) is 13.5. The Kier molecular flexibility index (Phi) is 4.68. The van der Waals surface area contributed by atoms with Crippen LogP contribution in [0.25, 0.3) is 10.7 Å². The topological polar surface area (TPSA) is 42.8 Å². The second-order valence-corrected chi connectivity index (χ2v) is 5.43. The van der Waals surface area contributed by atoms with Crippen molar-refractivity contribution >= 4 is 23.6 Å². The van der Waals surface area contributed by atoms with Crippen molar-refractivity contribution in [1.29, 1.82) is 0 Å². The summed E-state index contributed by atoms with van der Waals surface area (Å²) >= 11 is 7.01. The average molecular weight is 283 g/mol. The van der Waals surface area contributed by atoms with Crippen molar-refractivity contribution in [2.24, 2.45) is 0 Å². The molecular weight excluding hydrogens is 266 g/mol. The zero-order chi connectivity index (χ0) is 13.0. The van der Waals surface area contributed by atoms with Gasteiger partial charge in [-0.1, -0.05) is 19.4 Å². The summed E-state index contributed by atoms with van der Waals surface area (Å²) in [6, 6.07) is 4.32. The number of aromatic amines is 1. The van der Waals surface area contributed by atoms with Gasteiger partial charge < -0.3 is 4.74 Å². The van der Waals surface area contributed by atoms with Gasteiger partial charge in [0.1, 0.15) is 0 Å². The Morgan fingerprint density at radius 1 is 1.61 bits per heavy atom. The molecule has 2 aromatic rings. The highest BCUT2D eigenvalue weighted by Gasteiger charge is 2.18. The molecule has 0 aliphatic carbocycles. The second-order valence-electron chi connectivity index (χ2n) is 4.10. The van der Waals surface area contributed by atoms with Gasteiger partial charge >= 0.3 is 0 Å². The predicted octanol–water partition coefficient (Wildman–Crippen LogP) is 3.66. The summed E-state index contributed by atoms with van der Waals surface area (Å²) in [4.78, 5) is 1.12. The average Bonchev–Trinajstić information content (AvgIpc) is 2.97. The third kappa shape index (κ3) is 2.71. The summed E-state index contributed by atoms with van der Waals surface area (Å²) in [6.07, 6.45) is 2.12. The van der Waals surface area contributed by atoms with E-state index in [4.69, 9.17) is 17.0 Å². The number of rotatable bonds is 6. The zero-order valence-corrected chi connectivity index (χ0v) is 12.2. The van der Waals surface area contributed by atoms with Crippen molar-refractivity contribution in [3.8, 4) is 10.7 Å². The Balaban J connectivity index is 2.42. The van der Waals surface area contributed by atoms with Crippen LogP contribution in [0.5, 0.6) is 0 Å². The molecule has 0 saturated heterocycles. The maximum atomic E-state index is 5.35. The van der Waals surface area contributed by atoms with Crippen molar-refractivity contribution in [2.45, 2.75) is 25.8 Å². The monoisotopic (exact) mass is 283 g/mol. The highest BCUT2D eigenvalue weighted by Crippen LogP contribution is 2.27. The van der Waals surface area contributed by atoms with Gasteiger partial charge in [0.05, 0.1) is 17.5 Å². The molecule has 0 radical (unpaired) electrons. The van der Waals surface area contributed by atoms with E-state index in [1.54, 1.807) is 18.4 Å². The van der Waals surface area contributed by atoms with Crippen molar-refractivity contribution in [1.82, 2.24) is 14.8 Å². The Bertz CT molecular complexity index is 524. The SMILES string of the molecule is CCCC(COC)n1c(-c2cccs2)n[nH]c1=S. The molecule has 0 aromatic carbocycles. The third-order valence-corrected chi connectivity index (χ3v) is 3.95. The summed E-state index contributed by atoms with van der Waals surface area (Å²) in [7, 11) is 1.72. The minimum atomic E-state index is 0.239. The standard InChI is InChI=1S/C12H17N3OS2/c1-3-5-9(8-16-2)15-11(13-14-12(15)17)10-6-4-7-18-10/h4,6-7,9H,3,5,8H2,1-2H3,(H,14,17). The molecule has 98 valence electrons. The Morgan fingerprint density at radius 3 is 3.06 bits per heavy atom. The van der Waals surface area contributed by atoms with Crippen LogP contribution in [0.4, 0.5) is 0 Å². The van der Waals surface area contributed by atoms with Crippen LogP contribution in [0.2, 0.25) is 0 Å². The van der Waals surface area contributed by atoms with E-state index in [0.29, 0.717) is 11.4 Å². The number of H-pyrrole nitrogens is 1. The Morgan fingerprint density at radius 2 is 2.44 bits per heavy atom. The van der Waals surface area contributed by atoms with Gasteiger partial charge in [0.15, 0.2) is 10.6 Å². The van der Waals surface area contributed by atoms with Crippen LogP contribution >= 0.6 is 23.6 Å². The molecular formula is C12H17N3OS2. The first-order valence-corrected chi connectivity index (χ1v) is 7.26. The van der Waals surface area contributed by atoms with Gasteiger partial charge in [0, 0.05) is 7.11 Å². The minimum Gasteiger partial charge on any atom is -0.383 e. The highest BCUT2D eigenvalue weighted by atomic mass is 32.1. The van der Waals surface area contributed by atoms with E-state index in [1.165, 1.54) is 0 Å². The van der Waals surface area contributed by atoms with Gasteiger partial charge in [0.25, 0.3) is 0 Å². The van der Waals surface area contributed by atoms with E-state index in [-0.39, 0.29) is 6.04 Å². The smallest absolute Gasteiger partial charge is 0.195 e. The quantitative estimate of drug-likeness (QED) is 0.823. The number of nitrogens with zero attached hydrogens (tertiary/aromatic N) is 2. The van der Waals surface area contributed by atoms with Crippen LogP contribution < -0.4 is 0 Å². The van der Waals surface area contributed by atoms with Crippen molar-refractivity contribution < 1.29 is 4.74 Å². The highest BCUT2D eigenvalue weighted by molar-refractivity contribution is 7.71. The molecule has 0 spiro atoms. The molecule has 0 amide bonds. The molecule has 2 aromatic heterocycles. The van der Waals surface area contributed by atoms with Gasteiger partial charge in [-0.15, -0.1) is 11.3 Å². The first-order chi connectivity index (χ1) is 8.77. The van der Waals surface area contributed by atoms with Crippen LogP contribution in [-0.4, -0.2) is 28.5 Å². The molecule has 0 saturated carbocycles. The summed E-state index contributed by atoms with van der Waals surface area (Å²) in [6.45, 7) is 2.82. The summed E-state index contributed by atoms with van der Waals surface area (Å²) in [5, 5.41) is 9.28. The number of nitrogens with one attached hydrogen (secondary N) is 1. The molecule has 1 N–H and O–H groups in total. The van der Waals surface area contributed by atoms with E-state index in [1.807, 2.05) is 11.4 Å². The van der Waals surface area contributed by atoms with E-state index in [0.717, 1.165) is 23.5 Å². The maximum absolute atomic E-state index is 5.35. The van der Waals surface area contributed by atoms with E-state index in [2.05, 4.69) is 27.8 Å². The fourth-order valence-corrected chi connectivity index (χ4v) is 3.03. The minimum absolute atomic E-state index is 0.239. The molecule has 1 atom stereocenters. The molecule has 0 aliphatic rings. The number of thiophene rings is 1. The number of aromatic nitrogens is 3. The number of ether oxygens (including phenoxy) is 1. The number of hydrogen-bond donors (Lipinski definition) is 1. The van der Waals surface area contributed by atoms with Gasteiger partial charge in [0.2, 0.25) is 0 Å². The fourth-order valence-electron chi connectivity index (χ4n) is 2.04. The van der Waals surface area contributed by atoms with Gasteiger partial charge in [-0.2, -0.15) is 5.10 Å². The second kappa shape index (κ2) is 6.26. The van der Waals surface area contributed by atoms with Crippen molar-refractivity contribution in [3.63, 3.8) is 0 Å². The van der Waals surface area contributed by atoms with Crippen molar-refractivity contribution in [2.75, 3.05) is 13.7 Å². The summed E-state index contributed by atoms with van der Waals surface area (Å²) in [5.74, 6) is 0.908. The van der Waals surface area contributed by atoms with Crippen molar-refractivity contribution in [3.05, 3.63) is 22.3 Å². The lowest BCUT2D eigenvalue weighted by atomic mass is 10.2. The lowest BCUT2D eigenvalue weighted by Crippen LogP contribution is -2.15.